The lowest BCUT2D eigenvalue weighted by molar-refractivity contribution is -0.143. The molecule has 0 aliphatic carbocycles. The van der Waals surface area contributed by atoms with Crippen LogP contribution in [0.3, 0.4) is 0 Å². The second kappa shape index (κ2) is 6.74. The van der Waals surface area contributed by atoms with Crippen molar-refractivity contribution in [1.29, 1.82) is 0 Å². The van der Waals surface area contributed by atoms with Crippen LogP contribution in [0.15, 0.2) is 36.4 Å². The van der Waals surface area contributed by atoms with E-state index in [1.54, 1.807) is 19.1 Å². The average molecular weight is 234 g/mol. The zero-order valence-electron chi connectivity index (χ0n) is 10.2. The van der Waals surface area contributed by atoms with Crippen molar-refractivity contribution >= 4 is 5.97 Å². The standard InChI is InChI=1S/C14H18O3/c1-3-5-12(10-14(16)17-4-2)11-6-8-13(15)9-7-11/h3,5-9,12,15H,4,10H2,1-2H3/b5-3+/t12-/m0/s1. The first-order valence-electron chi connectivity index (χ1n) is 5.74. The minimum Gasteiger partial charge on any atom is -0.508 e. The number of aromatic hydroxyl groups is 1. The average Bonchev–Trinajstić information content (AvgIpc) is 2.30. The molecule has 0 aromatic heterocycles. The third kappa shape index (κ3) is 4.31. The molecule has 0 saturated carbocycles. The molecule has 17 heavy (non-hydrogen) atoms. The second-order valence-corrected chi connectivity index (χ2v) is 3.73. The first-order chi connectivity index (χ1) is 8.17. The van der Waals surface area contributed by atoms with E-state index in [2.05, 4.69) is 0 Å². The van der Waals surface area contributed by atoms with Crippen molar-refractivity contribution < 1.29 is 14.6 Å². The van der Waals surface area contributed by atoms with Crippen LogP contribution in [0.4, 0.5) is 0 Å². The quantitative estimate of drug-likeness (QED) is 0.629. The van der Waals surface area contributed by atoms with Crippen LogP contribution in [0.25, 0.3) is 0 Å². The number of allylic oxidation sites excluding steroid dienone is 2. The summed E-state index contributed by atoms with van der Waals surface area (Å²) in [7, 11) is 0. The number of carbonyl (C=O) groups is 1. The molecule has 1 N–H and O–H groups in total. The van der Waals surface area contributed by atoms with E-state index in [4.69, 9.17) is 4.74 Å². The van der Waals surface area contributed by atoms with Crippen molar-refractivity contribution in [2.45, 2.75) is 26.2 Å². The summed E-state index contributed by atoms with van der Waals surface area (Å²) in [6.07, 6.45) is 4.20. The fraction of sp³-hybridized carbons (Fsp3) is 0.357. The number of phenolic OH excluding ortho intramolecular Hbond substituents is 1. The summed E-state index contributed by atoms with van der Waals surface area (Å²) in [4.78, 5) is 11.5. The summed E-state index contributed by atoms with van der Waals surface area (Å²) in [6, 6.07) is 6.88. The molecule has 0 unspecified atom stereocenters. The van der Waals surface area contributed by atoms with Gasteiger partial charge in [0.2, 0.25) is 0 Å². The third-order valence-electron chi connectivity index (χ3n) is 2.44. The Kier molecular flexibility index (Phi) is 5.27. The summed E-state index contributed by atoms with van der Waals surface area (Å²) in [6.45, 7) is 4.11. The Labute approximate surface area is 102 Å². The van der Waals surface area contributed by atoms with Gasteiger partial charge in [0, 0.05) is 5.92 Å². The number of hydrogen-bond donors (Lipinski definition) is 1. The predicted molar refractivity (Wildman–Crippen MR) is 66.9 cm³/mol. The van der Waals surface area contributed by atoms with Crippen molar-refractivity contribution in [1.82, 2.24) is 0 Å². The SMILES string of the molecule is C/C=C/[C@@H](CC(=O)OCC)c1ccc(O)cc1. The molecule has 1 atom stereocenters. The number of rotatable bonds is 5. The Morgan fingerprint density at radius 1 is 1.41 bits per heavy atom. The van der Waals surface area contributed by atoms with Gasteiger partial charge >= 0.3 is 5.97 Å². The van der Waals surface area contributed by atoms with Crippen molar-refractivity contribution in [2.24, 2.45) is 0 Å². The third-order valence-corrected chi connectivity index (χ3v) is 2.44. The molecule has 0 bridgehead atoms. The van der Waals surface area contributed by atoms with Gasteiger partial charge in [0.15, 0.2) is 0 Å². The summed E-state index contributed by atoms with van der Waals surface area (Å²) < 4.78 is 4.94. The molecule has 1 aromatic carbocycles. The molecule has 0 aliphatic heterocycles. The maximum atomic E-state index is 11.5. The summed E-state index contributed by atoms with van der Waals surface area (Å²) in [5, 5.41) is 9.22. The highest BCUT2D eigenvalue weighted by Gasteiger charge is 2.13. The van der Waals surface area contributed by atoms with Crippen molar-refractivity contribution in [3.8, 4) is 5.75 Å². The van der Waals surface area contributed by atoms with Crippen LogP contribution >= 0.6 is 0 Å². The number of ether oxygens (including phenoxy) is 1. The van der Waals surface area contributed by atoms with Crippen LogP contribution in [0, 0.1) is 0 Å². The van der Waals surface area contributed by atoms with E-state index in [-0.39, 0.29) is 17.6 Å². The molecule has 0 amide bonds. The lowest BCUT2D eigenvalue weighted by Gasteiger charge is -2.12. The number of esters is 1. The Hall–Kier alpha value is -1.77. The highest BCUT2D eigenvalue weighted by molar-refractivity contribution is 5.71. The highest BCUT2D eigenvalue weighted by Crippen LogP contribution is 2.23. The van der Waals surface area contributed by atoms with Crippen LogP contribution in [0.1, 0.15) is 31.7 Å². The van der Waals surface area contributed by atoms with E-state index in [9.17, 15) is 9.90 Å². The van der Waals surface area contributed by atoms with Gasteiger partial charge in [-0.2, -0.15) is 0 Å². The number of hydrogen-bond acceptors (Lipinski definition) is 3. The fourth-order valence-corrected chi connectivity index (χ4v) is 1.65. The van der Waals surface area contributed by atoms with E-state index < -0.39 is 0 Å². The Morgan fingerprint density at radius 3 is 2.59 bits per heavy atom. The summed E-state index contributed by atoms with van der Waals surface area (Å²) >= 11 is 0. The molecule has 1 rings (SSSR count). The molecule has 0 aliphatic rings. The van der Waals surface area contributed by atoms with Crippen LogP contribution in [0.5, 0.6) is 5.75 Å². The predicted octanol–water partition coefficient (Wildman–Crippen LogP) is 3.01. The van der Waals surface area contributed by atoms with Crippen molar-refractivity contribution in [3.63, 3.8) is 0 Å². The molecule has 1 aromatic rings. The lowest BCUT2D eigenvalue weighted by Crippen LogP contribution is -2.09. The zero-order valence-corrected chi connectivity index (χ0v) is 10.2. The monoisotopic (exact) mass is 234 g/mol. The number of phenols is 1. The van der Waals surface area contributed by atoms with Gasteiger partial charge in [0.25, 0.3) is 0 Å². The Morgan fingerprint density at radius 2 is 2.06 bits per heavy atom. The van der Waals surface area contributed by atoms with Gasteiger partial charge in [-0.1, -0.05) is 24.3 Å². The van der Waals surface area contributed by atoms with Crippen LogP contribution in [-0.2, 0) is 9.53 Å². The molecule has 0 saturated heterocycles. The molecule has 3 nitrogen and oxygen atoms in total. The van der Waals surface area contributed by atoms with E-state index in [0.29, 0.717) is 13.0 Å². The first-order valence-corrected chi connectivity index (χ1v) is 5.74. The molecular formula is C14H18O3. The highest BCUT2D eigenvalue weighted by atomic mass is 16.5. The second-order valence-electron chi connectivity index (χ2n) is 3.73. The maximum Gasteiger partial charge on any atom is 0.306 e. The van der Waals surface area contributed by atoms with E-state index in [1.807, 2.05) is 31.2 Å². The van der Waals surface area contributed by atoms with Crippen LogP contribution in [0.2, 0.25) is 0 Å². The van der Waals surface area contributed by atoms with E-state index >= 15 is 0 Å². The van der Waals surface area contributed by atoms with E-state index in [1.165, 1.54) is 0 Å². The van der Waals surface area contributed by atoms with Gasteiger partial charge in [0.1, 0.15) is 5.75 Å². The molecule has 0 spiro atoms. The van der Waals surface area contributed by atoms with Crippen LogP contribution in [-0.4, -0.2) is 17.7 Å². The maximum absolute atomic E-state index is 11.5. The molecular weight excluding hydrogens is 216 g/mol. The zero-order chi connectivity index (χ0) is 12.7. The Bertz CT molecular complexity index is 379. The van der Waals surface area contributed by atoms with Crippen molar-refractivity contribution in [2.75, 3.05) is 6.61 Å². The van der Waals surface area contributed by atoms with Gasteiger partial charge in [-0.05, 0) is 31.5 Å². The van der Waals surface area contributed by atoms with Crippen LogP contribution < -0.4 is 0 Å². The molecule has 0 radical (unpaired) electrons. The minimum absolute atomic E-state index is 0.000324. The van der Waals surface area contributed by atoms with Gasteiger partial charge in [0.05, 0.1) is 13.0 Å². The largest absolute Gasteiger partial charge is 0.508 e. The van der Waals surface area contributed by atoms with E-state index in [0.717, 1.165) is 5.56 Å². The number of carbonyl (C=O) groups excluding carboxylic acids is 1. The smallest absolute Gasteiger partial charge is 0.306 e. The number of benzene rings is 1. The molecule has 3 heteroatoms. The molecule has 0 fully saturated rings. The molecule has 92 valence electrons. The van der Waals surface area contributed by atoms with Crippen molar-refractivity contribution in [3.05, 3.63) is 42.0 Å². The summed E-state index contributed by atoms with van der Waals surface area (Å²) in [5.41, 5.74) is 0.994. The molecule has 0 heterocycles. The van der Waals surface area contributed by atoms with Gasteiger partial charge in [-0.3, -0.25) is 4.79 Å². The Balaban J connectivity index is 2.78. The fourth-order valence-electron chi connectivity index (χ4n) is 1.65. The lowest BCUT2D eigenvalue weighted by atomic mass is 9.95. The normalized spacial score (nSPS) is 12.6. The van der Waals surface area contributed by atoms with Gasteiger partial charge in [-0.25, -0.2) is 0 Å². The van der Waals surface area contributed by atoms with Gasteiger partial charge < -0.3 is 9.84 Å². The summed E-state index contributed by atoms with van der Waals surface area (Å²) in [5.74, 6) is 0.0208. The minimum atomic E-state index is -0.205. The first kappa shape index (κ1) is 13.3. The topological polar surface area (TPSA) is 46.5 Å². The van der Waals surface area contributed by atoms with Gasteiger partial charge in [-0.15, -0.1) is 0 Å².